The zero-order chi connectivity index (χ0) is 17.7. The van der Waals surface area contributed by atoms with Crippen LogP contribution in [-0.4, -0.2) is 29.4 Å². The van der Waals surface area contributed by atoms with Gasteiger partial charge < -0.3 is 16.4 Å². The molecule has 0 fully saturated rings. The molecule has 1 aliphatic rings. The van der Waals surface area contributed by atoms with Crippen molar-refractivity contribution in [3.05, 3.63) is 45.4 Å². The van der Waals surface area contributed by atoms with Crippen molar-refractivity contribution in [2.24, 2.45) is 5.73 Å². The standard InChI is InChI=1S/C18H17ClN4OS/c1-23-7-6-12-11(8-23)13(9-2-4-10(19)5-3-9)14-15(20)16(17(21)24)25-18(14)22-12/h2-5H,6-8,20H2,1H3,(H2,21,24). The van der Waals surface area contributed by atoms with Crippen molar-refractivity contribution in [1.82, 2.24) is 9.88 Å². The number of benzene rings is 1. The molecule has 0 spiro atoms. The van der Waals surface area contributed by atoms with Crippen LogP contribution in [0.2, 0.25) is 5.02 Å². The quantitative estimate of drug-likeness (QED) is 0.722. The van der Waals surface area contributed by atoms with Crippen LogP contribution in [-0.2, 0) is 13.0 Å². The number of nitrogen functional groups attached to an aromatic ring is 1. The molecule has 1 aliphatic heterocycles. The molecule has 0 bridgehead atoms. The Morgan fingerprint density at radius 3 is 2.72 bits per heavy atom. The topological polar surface area (TPSA) is 85.2 Å². The highest BCUT2D eigenvalue weighted by Gasteiger charge is 2.26. The van der Waals surface area contributed by atoms with Gasteiger partial charge >= 0.3 is 0 Å². The molecule has 7 heteroatoms. The first-order chi connectivity index (χ1) is 12.0. The molecule has 0 atom stereocenters. The number of aromatic nitrogens is 1. The van der Waals surface area contributed by atoms with E-state index in [1.165, 1.54) is 11.3 Å². The molecule has 0 saturated heterocycles. The van der Waals surface area contributed by atoms with Crippen molar-refractivity contribution in [2.45, 2.75) is 13.0 Å². The molecule has 0 radical (unpaired) electrons. The van der Waals surface area contributed by atoms with E-state index in [-0.39, 0.29) is 0 Å². The van der Waals surface area contributed by atoms with Crippen LogP contribution in [0.4, 0.5) is 5.69 Å². The first kappa shape index (κ1) is 16.3. The molecule has 0 aliphatic carbocycles. The number of anilines is 1. The van der Waals surface area contributed by atoms with Gasteiger partial charge in [0, 0.05) is 41.2 Å². The molecule has 3 heterocycles. The van der Waals surface area contributed by atoms with Gasteiger partial charge in [-0.1, -0.05) is 23.7 Å². The zero-order valence-corrected chi connectivity index (χ0v) is 15.2. The summed E-state index contributed by atoms with van der Waals surface area (Å²) in [5.74, 6) is -0.516. The molecular weight excluding hydrogens is 356 g/mol. The summed E-state index contributed by atoms with van der Waals surface area (Å²) < 4.78 is 0. The van der Waals surface area contributed by atoms with Crippen LogP contribution in [0.15, 0.2) is 24.3 Å². The highest BCUT2D eigenvalue weighted by atomic mass is 35.5. The first-order valence-corrected chi connectivity index (χ1v) is 9.13. The van der Waals surface area contributed by atoms with E-state index in [1.54, 1.807) is 0 Å². The average Bonchev–Trinajstić information content (AvgIpc) is 2.91. The molecular formula is C18H17ClN4OS. The van der Waals surface area contributed by atoms with Gasteiger partial charge in [0.2, 0.25) is 0 Å². The average molecular weight is 373 g/mol. The Morgan fingerprint density at radius 1 is 1.32 bits per heavy atom. The lowest BCUT2D eigenvalue weighted by atomic mass is 9.92. The lowest BCUT2D eigenvalue weighted by Crippen LogP contribution is -2.27. The van der Waals surface area contributed by atoms with Gasteiger partial charge in [-0.3, -0.25) is 4.79 Å². The molecule has 1 amide bonds. The highest BCUT2D eigenvalue weighted by Crippen LogP contribution is 2.43. The number of hydrogen-bond acceptors (Lipinski definition) is 5. The summed E-state index contributed by atoms with van der Waals surface area (Å²) in [4.78, 5) is 19.9. The fourth-order valence-corrected chi connectivity index (χ4v) is 4.48. The molecule has 25 heavy (non-hydrogen) atoms. The van der Waals surface area contributed by atoms with E-state index in [9.17, 15) is 4.79 Å². The van der Waals surface area contributed by atoms with Gasteiger partial charge in [-0.2, -0.15) is 0 Å². The number of primary amides is 1. The van der Waals surface area contributed by atoms with Crippen molar-refractivity contribution >= 4 is 44.7 Å². The van der Waals surface area contributed by atoms with E-state index >= 15 is 0 Å². The van der Waals surface area contributed by atoms with Crippen LogP contribution in [0.1, 0.15) is 20.9 Å². The van der Waals surface area contributed by atoms with E-state index in [0.29, 0.717) is 15.6 Å². The van der Waals surface area contributed by atoms with E-state index < -0.39 is 5.91 Å². The maximum absolute atomic E-state index is 11.8. The molecule has 128 valence electrons. The van der Waals surface area contributed by atoms with Crippen LogP contribution in [0.5, 0.6) is 0 Å². The Balaban J connectivity index is 2.10. The van der Waals surface area contributed by atoms with Gasteiger partial charge in [-0.15, -0.1) is 11.3 Å². The summed E-state index contributed by atoms with van der Waals surface area (Å²) in [6, 6.07) is 7.68. The highest BCUT2D eigenvalue weighted by molar-refractivity contribution is 7.21. The Labute approximate surface area is 154 Å². The second-order valence-electron chi connectivity index (χ2n) is 6.30. The van der Waals surface area contributed by atoms with Crippen molar-refractivity contribution in [3.63, 3.8) is 0 Å². The fourth-order valence-electron chi connectivity index (χ4n) is 3.38. The van der Waals surface area contributed by atoms with Gasteiger partial charge in [0.25, 0.3) is 5.91 Å². The van der Waals surface area contributed by atoms with Gasteiger partial charge in [-0.05, 0) is 30.3 Å². The van der Waals surface area contributed by atoms with Crippen LogP contribution < -0.4 is 11.5 Å². The van der Waals surface area contributed by atoms with Crippen molar-refractivity contribution < 1.29 is 4.79 Å². The number of carbonyl (C=O) groups excluding carboxylic acids is 1. The molecule has 3 aromatic rings. The van der Waals surface area contributed by atoms with Crippen LogP contribution in [0.3, 0.4) is 0 Å². The Kier molecular flexibility index (Phi) is 3.91. The predicted molar refractivity (Wildman–Crippen MR) is 103 cm³/mol. The van der Waals surface area contributed by atoms with Gasteiger partial charge in [0.15, 0.2) is 0 Å². The van der Waals surface area contributed by atoms with Crippen LogP contribution >= 0.6 is 22.9 Å². The number of carbonyl (C=O) groups is 1. The number of pyridine rings is 1. The number of halogens is 1. The second kappa shape index (κ2) is 5.98. The van der Waals surface area contributed by atoms with Crippen molar-refractivity contribution in [3.8, 4) is 11.1 Å². The normalized spacial score (nSPS) is 14.6. The van der Waals surface area contributed by atoms with Gasteiger partial charge in [0.1, 0.15) is 9.71 Å². The summed E-state index contributed by atoms with van der Waals surface area (Å²) in [5, 5.41) is 1.49. The van der Waals surface area contributed by atoms with E-state index in [2.05, 4.69) is 11.9 Å². The smallest absolute Gasteiger partial charge is 0.260 e. The Morgan fingerprint density at radius 2 is 2.04 bits per heavy atom. The zero-order valence-electron chi connectivity index (χ0n) is 13.7. The molecule has 4 N–H and O–H groups in total. The van der Waals surface area contributed by atoms with E-state index in [1.807, 2.05) is 24.3 Å². The third kappa shape index (κ3) is 2.66. The largest absolute Gasteiger partial charge is 0.397 e. The minimum atomic E-state index is -0.516. The predicted octanol–water partition coefficient (Wildman–Crippen LogP) is 3.29. The summed E-state index contributed by atoms with van der Waals surface area (Å²) >= 11 is 7.32. The van der Waals surface area contributed by atoms with Crippen molar-refractivity contribution in [1.29, 1.82) is 0 Å². The number of nitrogens with two attached hydrogens (primary N) is 2. The number of hydrogen-bond donors (Lipinski definition) is 2. The third-order valence-corrected chi connectivity index (χ3v) is 5.94. The number of thiophene rings is 1. The minimum absolute atomic E-state index is 0.369. The van der Waals surface area contributed by atoms with Gasteiger partial charge in [-0.25, -0.2) is 4.98 Å². The fraction of sp³-hybridized carbons (Fsp3) is 0.222. The SMILES string of the molecule is CN1CCc2nc3sc(C(N)=O)c(N)c3c(-c3ccc(Cl)cc3)c2C1. The van der Waals surface area contributed by atoms with E-state index in [0.717, 1.165) is 52.1 Å². The lowest BCUT2D eigenvalue weighted by molar-refractivity contribution is 0.100. The number of nitrogens with zero attached hydrogens (tertiary/aromatic N) is 2. The number of likely N-dealkylation sites (N-methyl/N-ethyl adjacent to an activating group) is 1. The molecule has 0 unspecified atom stereocenters. The molecule has 4 rings (SSSR count). The second-order valence-corrected chi connectivity index (χ2v) is 7.73. The maximum atomic E-state index is 11.8. The third-order valence-electron chi connectivity index (χ3n) is 4.58. The lowest BCUT2D eigenvalue weighted by Gasteiger charge is -2.27. The summed E-state index contributed by atoms with van der Waals surface area (Å²) in [7, 11) is 2.09. The molecule has 1 aromatic carbocycles. The first-order valence-electron chi connectivity index (χ1n) is 7.93. The summed E-state index contributed by atoms with van der Waals surface area (Å²) in [6.07, 6.45) is 0.867. The molecule has 2 aromatic heterocycles. The van der Waals surface area contributed by atoms with Gasteiger partial charge in [0.05, 0.1) is 5.69 Å². The monoisotopic (exact) mass is 372 g/mol. The Hall–Kier alpha value is -2.15. The molecule has 0 saturated carbocycles. The van der Waals surface area contributed by atoms with Crippen LogP contribution in [0, 0.1) is 0 Å². The number of fused-ring (bicyclic) bond motifs is 2. The van der Waals surface area contributed by atoms with Crippen LogP contribution in [0.25, 0.3) is 21.3 Å². The number of rotatable bonds is 2. The van der Waals surface area contributed by atoms with Crippen molar-refractivity contribution in [2.75, 3.05) is 19.3 Å². The number of amides is 1. The molecule has 5 nitrogen and oxygen atoms in total. The Bertz CT molecular complexity index is 997. The summed E-state index contributed by atoms with van der Waals surface area (Å²) in [6.45, 7) is 1.74. The van der Waals surface area contributed by atoms with E-state index in [4.69, 9.17) is 28.1 Å². The summed E-state index contributed by atoms with van der Waals surface area (Å²) in [5.41, 5.74) is 16.5. The minimum Gasteiger partial charge on any atom is -0.397 e. The maximum Gasteiger partial charge on any atom is 0.260 e.